The number of anilines is 2. The molecule has 0 spiro atoms. The van der Waals surface area contributed by atoms with Gasteiger partial charge >= 0.3 is 0 Å². The quantitative estimate of drug-likeness (QED) is 0.232. The average Bonchev–Trinajstić information content (AvgIpc) is 2.95. The molecule has 5 rings (SSSR count). The molecule has 0 atom stereocenters. The Hall–Kier alpha value is -3.27. The van der Waals surface area contributed by atoms with Gasteiger partial charge in [-0.25, -0.2) is 18.1 Å². The number of aromatic nitrogens is 2. The molecular formula is C29H35N5O3S. The minimum Gasteiger partial charge on any atom is -0.383 e. The lowest BCUT2D eigenvalue weighted by atomic mass is 9.82. The summed E-state index contributed by atoms with van der Waals surface area (Å²) in [6.07, 6.45) is 4.08. The van der Waals surface area contributed by atoms with E-state index >= 15 is 0 Å². The van der Waals surface area contributed by atoms with E-state index in [-0.39, 0.29) is 0 Å². The molecule has 200 valence electrons. The topological polar surface area (TPSA) is 105 Å². The molecule has 1 heterocycles. The molecule has 0 aliphatic heterocycles. The van der Waals surface area contributed by atoms with Crippen LogP contribution in [0.15, 0.2) is 71.6 Å². The molecule has 38 heavy (non-hydrogen) atoms. The van der Waals surface area contributed by atoms with Crippen LogP contribution in [0.3, 0.4) is 0 Å². The Balaban J connectivity index is 1.12. The number of methoxy groups -OCH3 is 1. The molecule has 1 fully saturated rings. The summed E-state index contributed by atoms with van der Waals surface area (Å²) in [5.74, 6) is 2.27. The third-order valence-corrected chi connectivity index (χ3v) is 8.73. The average molecular weight is 534 g/mol. The molecule has 0 saturated heterocycles. The van der Waals surface area contributed by atoms with Crippen LogP contribution in [-0.2, 0) is 14.8 Å². The number of para-hydroxylation sites is 1. The summed E-state index contributed by atoms with van der Waals surface area (Å²) in [7, 11) is -1.85. The fourth-order valence-electron chi connectivity index (χ4n) is 5.08. The molecule has 3 aromatic carbocycles. The van der Waals surface area contributed by atoms with E-state index in [1.165, 1.54) is 0 Å². The van der Waals surface area contributed by atoms with E-state index in [1.54, 1.807) is 19.2 Å². The summed E-state index contributed by atoms with van der Waals surface area (Å²) in [6.45, 7) is 2.54. The van der Waals surface area contributed by atoms with Crippen molar-refractivity contribution in [1.29, 1.82) is 0 Å². The van der Waals surface area contributed by atoms with Crippen LogP contribution in [-0.4, -0.2) is 51.7 Å². The molecule has 0 unspecified atom stereocenters. The van der Waals surface area contributed by atoms with Crippen LogP contribution in [0.2, 0.25) is 0 Å². The molecule has 9 heteroatoms. The number of nitrogens with zero attached hydrogens (tertiary/aromatic N) is 2. The summed E-state index contributed by atoms with van der Waals surface area (Å²) in [5.41, 5.74) is 0.896. The second kappa shape index (κ2) is 12.1. The fourth-order valence-corrected chi connectivity index (χ4v) is 6.23. The van der Waals surface area contributed by atoms with Gasteiger partial charge in [-0.2, -0.15) is 4.98 Å². The van der Waals surface area contributed by atoms with E-state index in [4.69, 9.17) is 14.7 Å². The SMILES string of the molecule is COCCNc1nc(NC[C@H]2CC[C@H](CNS(=O)(=O)c3ccc4ccccc4c3)CC2)nc2ccccc12. The van der Waals surface area contributed by atoms with E-state index in [9.17, 15) is 8.42 Å². The highest BCUT2D eigenvalue weighted by Gasteiger charge is 2.24. The van der Waals surface area contributed by atoms with E-state index in [0.717, 1.165) is 59.7 Å². The van der Waals surface area contributed by atoms with Crippen molar-refractivity contribution in [2.75, 3.05) is 44.0 Å². The predicted octanol–water partition coefficient (Wildman–Crippen LogP) is 5.04. The molecule has 8 nitrogen and oxygen atoms in total. The zero-order valence-electron chi connectivity index (χ0n) is 21.7. The molecule has 1 aliphatic carbocycles. The maximum atomic E-state index is 12.9. The number of hydrogen-bond acceptors (Lipinski definition) is 7. The first-order valence-corrected chi connectivity index (χ1v) is 14.7. The second-order valence-electron chi connectivity index (χ2n) is 9.96. The van der Waals surface area contributed by atoms with Gasteiger partial charge < -0.3 is 15.4 Å². The van der Waals surface area contributed by atoms with Gasteiger partial charge in [-0.05, 0) is 72.6 Å². The standard InChI is InChI=1S/C29H35N5O3S/c1-37-17-16-30-28-26-8-4-5-9-27(26)33-29(34-28)31-19-21-10-12-22(13-11-21)20-32-38(35,36)25-15-14-23-6-2-3-7-24(23)18-25/h2-9,14-15,18,21-22,32H,10-13,16-17,19-20H2,1H3,(H2,30,31,33,34)/t21-,22-. The summed E-state index contributed by atoms with van der Waals surface area (Å²) in [4.78, 5) is 9.73. The van der Waals surface area contributed by atoms with Crippen molar-refractivity contribution in [3.05, 3.63) is 66.7 Å². The number of benzene rings is 3. The van der Waals surface area contributed by atoms with E-state index in [1.807, 2.05) is 54.6 Å². The minimum absolute atomic E-state index is 0.320. The van der Waals surface area contributed by atoms with Crippen molar-refractivity contribution in [3.8, 4) is 0 Å². The third-order valence-electron chi connectivity index (χ3n) is 7.31. The number of fused-ring (bicyclic) bond motifs is 2. The summed E-state index contributed by atoms with van der Waals surface area (Å²) >= 11 is 0. The van der Waals surface area contributed by atoms with Crippen LogP contribution in [0.25, 0.3) is 21.7 Å². The maximum absolute atomic E-state index is 12.9. The summed E-state index contributed by atoms with van der Waals surface area (Å²) in [5, 5.41) is 9.73. The van der Waals surface area contributed by atoms with E-state index < -0.39 is 10.0 Å². The first kappa shape index (κ1) is 26.3. The molecule has 0 bridgehead atoms. The Kier molecular flexibility index (Phi) is 8.36. The van der Waals surface area contributed by atoms with Crippen molar-refractivity contribution < 1.29 is 13.2 Å². The van der Waals surface area contributed by atoms with Crippen LogP contribution in [0, 0.1) is 11.8 Å². The van der Waals surface area contributed by atoms with Gasteiger partial charge in [0.1, 0.15) is 5.82 Å². The van der Waals surface area contributed by atoms with Gasteiger partial charge in [-0.15, -0.1) is 0 Å². The number of sulfonamides is 1. The van der Waals surface area contributed by atoms with E-state index in [0.29, 0.717) is 42.4 Å². The van der Waals surface area contributed by atoms with Crippen LogP contribution in [0.5, 0.6) is 0 Å². The van der Waals surface area contributed by atoms with Crippen molar-refractivity contribution >= 4 is 43.5 Å². The lowest BCUT2D eigenvalue weighted by molar-refractivity contribution is 0.210. The monoisotopic (exact) mass is 533 g/mol. The first-order valence-electron chi connectivity index (χ1n) is 13.2. The van der Waals surface area contributed by atoms with Gasteiger partial charge in [0.2, 0.25) is 16.0 Å². The van der Waals surface area contributed by atoms with Crippen molar-refractivity contribution in [1.82, 2.24) is 14.7 Å². The van der Waals surface area contributed by atoms with E-state index in [2.05, 4.69) is 15.4 Å². The van der Waals surface area contributed by atoms with Crippen LogP contribution in [0.4, 0.5) is 11.8 Å². The largest absolute Gasteiger partial charge is 0.383 e. The zero-order valence-corrected chi connectivity index (χ0v) is 22.5. The fraction of sp³-hybridized carbons (Fsp3) is 0.379. The van der Waals surface area contributed by atoms with Crippen molar-refractivity contribution in [2.24, 2.45) is 11.8 Å². The molecule has 1 aromatic heterocycles. The summed E-state index contributed by atoms with van der Waals surface area (Å²) in [6, 6.07) is 21.1. The first-order chi connectivity index (χ1) is 18.5. The predicted molar refractivity (Wildman–Crippen MR) is 153 cm³/mol. The smallest absolute Gasteiger partial charge is 0.240 e. The third kappa shape index (κ3) is 6.40. The maximum Gasteiger partial charge on any atom is 0.240 e. The number of rotatable bonds is 11. The van der Waals surface area contributed by atoms with Gasteiger partial charge in [0.25, 0.3) is 0 Å². The minimum atomic E-state index is -3.53. The zero-order chi connectivity index (χ0) is 26.4. The molecular weight excluding hydrogens is 498 g/mol. The lowest BCUT2D eigenvalue weighted by Crippen LogP contribution is -2.32. The Bertz CT molecular complexity index is 1490. The van der Waals surface area contributed by atoms with Gasteiger partial charge in [0.05, 0.1) is 17.0 Å². The molecule has 0 amide bonds. The van der Waals surface area contributed by atoms with Gasteiger partial charge in [-0.3, -0.25) is 0 Å². The molecule has 3 N–H and O–H groups in total. The van der Waals surface area contributed by atoms with Crippen molar-refractivity contribution in [3.63, 3.8) is 0 Å². The van der Waals surface area contributed by atoms with Crippen LogP contribution < -0.4 is 15.4 Å². The van der Waals surface area contributed by atoms with Gasteiger partial charge in [0.15, 0.2) is 0 Å². The Labute approximate surface area is 224 Å². The van der Waals surface area contributed by atoms with Gasteiger partial charge in [-0.1, -0.05) is 42.5 Å². The number of nitrogens with one attached hydrogen (secondary N) is 3. The Morgan fingerprint density at radius 1 is 0.842 bits per heavy atom. The van der Waals surface area contributed by atoms with Crippen LogP contribution in [0.1, 0.15) is 25.7 Å². The second-order valence-corrected chi connectivity index (χ2v) is 11.7. The number of ether oxygens (including phenoxy) is 1. The molecule has 1 aliphatic rings. The number of hydrogen-bond donors (Lipinski definition) is 3. The highest BCUT2D eigenvalue weighted by atomic mass is 32.2. The molecule has 0 radical (unpaired) electrons. The van der Waals surface area contributed by atoms with Crippen molar-refractivity contribution in [2.45, 2.75) is 30.6 Å². The lowest BCUT2D eigenvalue weighted by Gasteiger charge is -2.28. The summed E-state index contributed by atoms with van der Waals surface area (Å²) < 4.78 is 33.8. The highest BCUT2D eigenvalue weighted by Crippen LogP contribution is 2.29. The normalized spacial score (nSPS) is 18.0. The van der Waals surface area contributed by atoms with Crippen LogP contribution >= 0.6 is 0 Å². The Morgan fingerprint density at radius 2 is 1.55 bits per heavy atom. The van der Waals surface area contributed by atoms with Gasteiger partial charge in [0, 0.05) is 32.1 Å². The Morgan fingerprint density at radius 3 is 2.34 bits per heavy atom. The highest BCUT2D eigenvalue weighted by molar-refractivity contribution is 7.89. The molecule has 1 saturated carbocycles. The molecule has 4 aromatic rings.